The van der Waals surface area contributed by atoms with Gasteiger partial charge < -0.3 is 4.57 Å². The minimum atomic E-state index is -3.72. The lowest BCUT2D eigenvalue weighted by Gasteiger charge is -2.10. The fourth-order valence-corrected chi connectivity index (χ4v) is 5.35. The Bertz CT molecular complexity index is 1130. The standard InChI is InChI=1S/C19H17Cl3N4O2S2/c1-2-10-26-18(11-23-30(27,28)14-8-6-13(20)7-9-14)24-25-19(26)29-12-15-16(21)4-3-5-17(15)22/h2-9,23H,1,10-12H2. The van der Waals surface area contributed by atoms with Crippen LogP contribution in [0, 0.1) is 0 Å². The fourth-order valence-electron chi connectivity index (χ4n) is 2.53. The molecule has 3 aromatic rings. The molecule has 1 aromatic heterocycles. The quantitative estimate of drug-likeness (QED) is 0.321. The number of nitrogens with zero attached hydrogens (tertiary/aromatic N) is 3. The fraction of sp³-hybridized carbons (Fsp3) is 0.158. The summed E-state index contributed by atoms with van der Waals surface area (Å²) in [6, 6.07) is 11.2. The molecule has 6 nitrogen and oxygen atoms in total. The van der Waals surface area contributed by atoms with E-state index in [9.17, 15) is 8.42 Å². The Morgan fingerprint density at radius 1 is 1.07 bits per heavy atom. The molecule has 0 saturated heterocycles. The highest BCUT2D eigenvalue weighted by Crippen LogP contribution is 2.31. The predicted molar refractivity (Wildman–Crippen MR) is 122 cm³/mol. The molecule has 0 fully saturated rings. The zero-order valence-corrected chi connectivity index (χ0v) is 19.5. The Morgan fingerprint density at radius 3 is 2.37 bits per heavy atom. The third-order valence-electron chi connectivity index (χ3n) is 4.06. The molecule has 0 aliphatic rings. The molecule has 0 radical (unpaired) electrons. The van der Waals surface area contributed by atoms with Crippen molar-refractivity contribution in [3.8, 4) is 0 Å². The summed E-state index contributed by atoms with van der Waals surface area (Å²) in [6.07, 6.45) is 1.69. The normalized spacial score (nSPS) is 11.6. The maximum atomic E-state index is 12.5. The zero-order chi connectivity index (χ0) is 21.7. The summed E-state index contributed by atoms with van der Waals surface area (Å²) in [5, 5.41) is 10.5. The monoisotopic (exact) mass is 502 g/mol. The van der Waals surface area contributed by atoms with Gasteiger partial charge >= 0.3 is 0 Å². The van der Waals surface area contributed by atoms with Gasteiger partial charge in [-0.2, -0.15) is 0 Å². The first-order valence-corrected chi connectivity index (χ1v) is 12.3. The molecule has 0 aliphatic heterocycles. The van der Waals surface area contributed by atoms with Crippen molar-refractivity contribution in [3.05, 3.63) is 81.6 Å². The number of hydrogen-bond acceptors (Lipinski definition) is 5. The molecule has 3 rings (SSSR count). The molecular weight excluding hydrogens is 487 g/mol. The topological polar surface area (TPSA) is 76.9 Å². The number of halogens is 3. The molecular formula is C19H17Cl3N4O2S2. The Kier molecular flexibility index (Phi) is 7.84. The Morgan fingerprint density at radius 2 is 1.73 bits per heavy atom. The second-order valence-electron chi connectivity index (χ2n) is 6.07. The number of aromatic nitrogens is 3. The molecule has 11 heteroatoms. The largest absolute Gasteiger partial charge is 0.301 e. The van der Waals surface area contributed by atoms with Crippen molar-refractivity contribution in [2.24, 2.45) is 0 Å². The van der Waals surface area contributed by atoms with Crippen LogP contribution in [0.3, 0.4) is 0 Å². The van der Waals surface area contributed by atoms with E-state index in [4.69, 9.17) is 34.8 Å². The third-order valence-corrected chi connectivity index (χ3v) is 7.43. The predicted octanol–water partition coefficient (Wildman–Crippen LogP) is 5.20. The van der Waals surface area contributed by atoms with Gasteiger partial charge in [-0.05, 0) is 42.0 Å². The molecule has 0 amide bonds. The van der Waals surface area contributed by atoms with Crippen LogP contribution < -0.4 is 4.72 Å². The Hall–Kier alpha value is -1.55. The van der Waals surface area contributed by atoms with Gasteiger partial charge in [0.15, 0.2) is 5.16 Å². The first kappa shape index (κ1) is 23.1. The smallest absolute Gasteiger partial charge is 0.240 e. The number of nitrogens with one attached hydrogen (secondary N) is 1. The van der Waals surface area contributed by atoms with Gasteiger partial charge in [-0.25, -0.2) is 13.1 Å². The van der Waals surface area contributed by atoms with E-state index in [0.29, 0.717) is 38.3 Å². The van der Waals surface area contributed by atoms with E-state index < -0.39 is 10.0 Å². The van der Waals surface area contributed by atoms with E-state index in [0.717, 1.165) is 5.56 Å². The van der Waals surface area contributed by atoms with Crippen LogP contribution in [0.5, 0.6) is 0 Å². The highest BCUT2D eigenvalue weighted by Gasteiger charge is 2.18. The van der Waals surface area contributed by atoms with Gasteiger partial charge in [0, 0.05) is 27.4 Å². The average molecular weight is 504 g/mol. The van der Waals surface area contributed by atoms with Gasteiger partial charge in [0.05, 0.1) is 11.4 Å². The van der Waals surface area contributed by atoms with Crippen molar-refractivity contribution in [1.29, 1.82) is 0 Å². The van der Waals surface area contributed by atoms with Gasteiger partial charge in [0.1, 0.15) is 5.82 Å². The van der Waals surface area contributed by atoms with E-state index >= 15 is 0 Å². The number of thioether (sulfide) groups is 1. The molecule has 158 valence electrons. The number of benzene rings is 2. The van der Waals surface area contributed by atoms with Gasteiger partial charge in [0.25, 0.3) is 0 Å². The lowest BCUT2D eigenvalue weighted by molar-refractivity contribution is 0.574. The molecule has 0 spiro atoms. The van der Waals surface area contributed by atoms with Crippen LogP contribution in [0.25, 0.3) is 0 Å². The second-order valence-corrected chi connectivity index (χ2v) is 10.0. The van der Waals surface area contributed by atoms with Crippen molar-refractivity contribution < 1.29 is 8.42 Å². The molecule has 0 aliphatic carbocycles. The van der Waals surface area contributed by atoms with Gasteiger partial charge in [0.2, 0.25) is 10.0 Å². The van der Waals surface area contributed by atoms with E-state index in [-0.39, 0.29) is 11.4 Å². The maximum absolute atomic E-state index is 12.5. The number of sulfonamides is 1. The third kappa shape index (κ3) is 5.57. The molecule has 2 aromatic carbocycles. The lowest BCUT2D eigenvalue weighted by atomic mass is 10.2. The lowest BCUT2D eigenvalue weighted by Crippen LogP contribution is -2.25. The highest BCUT2D eigenvalue weighted by atomic mass is 35.5. The van der Waals surface area contributed by atoms with Gasteiger partial charge in [-0.15, -0.1) is 16.8 Å². The van der Waals surface area contributed by atoms with Crippen LogP contribution in [-0.4, -0.2) is 23.2 Å². The van der Waals surface area contributed by atoms with E-state index in [1.54, 1.807) is 28.8 Å². The van der Waals surface area contributed by atoms with Crippen molar-refractivity contribution in [2.75, 3.05) is 0 Å². The van der Waals surface area contributed by atoms with Crippen LogP contribution in [0.2, 0.25) is 15.1 Å². The van der Waals surface area contributed by atoms with Crippen molar-refractivity contribution in [3.63, 3.8) is 0 Å². The second kappa shape index (κ2) is 10.2. The van der Waals surface area contributed by atoms with Crippen LogP contribution in [0.4, 0.5) is 0 Å². The minimum absolute atomic E-state index is 0.0286. The number of allylic oxidation sites excluding steroid dienone is 1. The van der Waals surface area contributed by atoms with Gasteiger partial charge in [-0.1, -0.05) is 58.7 Å². The Balaban J connectivity index is 1.75. The van der Waals surface area contributed by atoms with Crippen LogP contribution in [0.15, 0.2) is 65.2 Å². The highest BCUT2D eigenvalue weighted by molar-refractivity contribution is 7.98. The summed E-state index contributed by atoms with van der Waals surface area (Å²) in [4.78, 5) is 0.115. The molecule has 0 bridgehead atoms. The Labute approximate surface area is 194 Å². The summed E-state index contributed by atoms with van der Waals surface area (Å²) in [5.74, 6) is 0.949. The summed E-state index contributed by atoms with van der Waals surface area (Å²) < 4.78 is 29.3. The van der Waals surface area contributed by atoms with E-state index in [1.165, 1.54) is 36.0 Å². The summed E-state index contributed by atoms with van der Waals surface area (Å²) >= 11 is 19.7. The summed E-state index contributed by atoms with van der Waals surface area (Å²) in [6.45, 7) is 4.14. The average Bonchev–Trinajstić information content (AvgIpc) is 3.08. The summed E-state index contributed by atoms with van der Waals surface area (Å²) in [5.41, 5.74) is 0.795. The van der Waals surface area contributed by atoms with Crippen LogP contribution in [0.1, 0.15) is 11.4 Å². The van der Waals surface area contributed by atoms with Crippen molar-refractivity contribution in [1.82, 2.24) is 19.5 Å². The minimum Gasteiger partial charge on any atom is -0.301 e. The molecule has 1 N–H and O–H groups in total. The van der Waals surface area contributed by atoms with Gasteiger partial charge in [-0.3, -0.25) is 0 Å². The van der Waals surface area contributed by atoms with Crippen molar-refractivity contribution >= 4 is 56.6 Å². The maximum Gasteiger partial charge on any atom is 0.240 e. The molecule has 0 saturated carbocycles. The first-order valence-electron chi connectivity index (χ1n) is 8.65. The first-order chi connectivity index (χ1) is 14.3. The zero-order valence-electron chi connectivity index (χ0n) is 15.6. The van der Waals surface area contributed by atoms with Crippen molar-refractivity contribution in [2.45, 2.75) is 28.9 Å². The van der Waals surface area contributed by atoms with Crippen LogP contribution >= 0.6 is 46.6 Å². The summed E-state index contributed by atoms with van der Waals surface area (Å²) in [7, 11) is -3.72. The van der Waals surface area contributed by atoms with E-state index in [2.05, 4.69) is 21.5 Å². The van der Waals surface area contributed by atoms with E-state index in [1.807, 2.05) is 0 Å². The molecule has 0 atom stereocenters. The SMILES string of the molecule is C=CCn1c(CNS(=O)(=O)c2ccc(Cl)cc2)nnc1SCc1c(Cl)cccc1Cl. The molecule has 0 unspecified atom stereocenters. The number of hydrogen-bond donors (Lipinski definition) is 1. The van der Waals surface area contributed by atoms with Crippen LogP contribution in [-0.2, 0) is 28.9 Å². The molecule has 1 heterocycles. The number of rotatable bonds is 9. The molecule has 30 heavy (non-hydrogen) atoms.